The van der Waals surface area contributed by atoms with Gasteiger partial charge in [0.2, 0.25) is 5.91 Å². The van der Waals surface area contributed by atoms with Gasteiger partial charge in [-0.3, -0.25) is 24.2 Å². The van der Waals surface area contributed by atoms with Gasteiger partial charge in [-0.2, -0.15) is 4.98 Å². The van der Waals surface area contributed by atoms with Crippen molar-refractivity contribution in [3.05, 3.63) is 20.7 Å². The van der Waals surface area contributed by atoms with E-state index in [9.17, 15) is 14.4 Å². The van der Waals surface area contributed by atoms with E-state index in [0.717, 1.165) is 12.8 Å². The van der Waals surface area contributed by atoms with Crippen molar-refractivity contribution in [2.45, 2.75) is 30.5 Å². The van der Waals surface area contributed by atoms with Crippen LogP contribution in [0.4, 0.5) is 0 Å². The lowest BCUT2D eigenvalue weighted by atomic mass is 9.94. The minimum Gasteiger partial charge on any atom is -0.368 e. The number of nitrogens with zero attached hydrogens (tertiary/aromatic N) is 2. The molecule has 2 rings (SSSR count). The fourth-order valence-electron chi connectivity index (χ4n) is 2.33. The van der Waals surface area contributed by atoms with Gasteiger partial charge in [-0.1, -0.05) is 18.7 Å². The van der Waals surface area contributed by atoms with Gasteiger partial charge >= 0.3 is 11.1 Å². The first-order chi connectivity index (χ1) is 9.90. The first-order valence-corrected chi connectivity index (χ1v) is 7.74. The number of nitrogens with one attached hydrogen (secondary N) is 2. The Morgan fingerprint density at radius 3 is 2.76 bits per heavy atom. The second-order valence-corrected chi connectivity index (χ2v) is 6.07. The molecule has 0 saturated heterocycles. The largest absolute Gasteiger partial charge is 0.368 e. The Balaban J connectivity index is 2.23. The third kappa shape index (κ3) is 3.18. The van der Waals surface area contributed by atoms with E-state index in [1.54, 1.807) is 7.05 Å². The minimum absolute atomic E-state index is 0.210. The van der Waals surface area contributed by atoms with Crippen LogP contribution in [0, 0.1) is 5.92 Å². The fourth-order valence-corrected chi connectivity index (χ4v) is 3.56. The van der Waals surface area contributed by atoms with Gasteiger partial charge in [0.25, 0.3) is 0 Å². The van der Waals surface area contributed by atoms with Crippen LogP contribution in [0.15, 0.2) is 14.7 Å². The maximum absolute atomic E-state index is 11.9. The Labute approximate surface area is 125 Å². The number of nitrogens with two attached hydrogens (primary N) is 1. The van der Waals surface area contributed by atoms with E-state index >= 15 is 0 Å². The van der Waals surface area contributed by atoms with E-state index in [1.165, 1.54) is 16.4 Å². The first-order valence-electron chi connectivity index (χ1n) is 6.75. The highest BCUT2D eigenvalue weighted by atomic mass is 32.2. The molecule has 0 aliphatic heterocycles. The predicted molar refractivity (Wildman–Crippen MR) is 79.1 cm³/mol. The lowest BCUT2D eigenvalue weighted by Gasteiger charge is -2.31. The molecule has 1 unspecified atom stereocenters. The van der Waals surface area contributed by atoms with Gasteiger partial charge in [-0.25, -0.2) is 0 Å². The summed E-state index contributed by atoms with van der Waals surface area (Å²) in [5.41, 5.74) is 3.19. The summed E-state index contributed by atoms with van der Waals surface area (Å²) in [5.74, 6) is 0.184. The average Bonchev–Trinajstić information content (AvgIpc) is 3.24. The molecule has 1 aliphatic rings. The van der Waals surface area contributed by atoms with E-state index in [-0.39, 0.29) is 5.92 Å². The number of likely N-dealkylation sites (N-methyl/N-ethyl adjacent to an activating group) is 1. The quantitative estimate of drug-likeness (QED) is 0.429. The first kappa shape index (κ1) is 15.8. The van der Waals surface area contributed by atoms with E-state index in [2.05, 4.69) is 15.4 Å². The number of hydrogen-bond acceptors (Lipinski definition) is 6. The van der Waals surface area contributed by atoms with Gasteiger partial charge in [0.15, 0.2) is 5.16 Å². The zero-order chi connectivity index (χ0) is 15.6. The Kier molecular flexibility index (Phi) is 4.52. The number of rotatable bonds is 7. The zero-order valence-corrected chi connectivity index (χ0v) is 12.8. The van der Waals surface area contributed by atoms with Crippen LogP contribution in [0.5, 0.6) is 0 Å². The summed E-state index contributed by atoms with van der Waals surface area (Å²) >= 11 is 1.23. The molecule has 116 valence electrons. The maximum Gasteiger partial charge on any atom is 0.339 e. The number of aromatic amines is 1. The number of primary amides is 1. The number of aromatic nitrogens is 3. The van der Waals surface area contributed by atoms with Gasteiger partial charge in [0.05, 0.1) is 0 Å². The smallest absolute Gasteiger partial charge is 0.339 e. The van der Waals surface area contributed by atoms with Crippen LogP contribution in [0.2, 0.25) is 0 Å². The SMILES string of the molecule is CCNC(CSc1nc(=O)c(=O)[nH]n1C)(C(N)=O)C1CC1. The molecule has 1 heterocycles. The Morgan fingerprint density at radius 1 is 1.57 bits per heavy atom. The Bertz CT molecular complexity index is 651. The van der Waals surface area contributed by atoms with Crippen LogP contribution in [0.3, 0.4) is 0 Å². The molecule has 9 heteroatoms. The summed E-state index contributed by atoms with van der Waals surface area (Å²) in [6.45, 7) is 2.54. The van der Waals surface area contributed by atoms with E-state index in [1.807, 2.05) is 6.92 Å². The molecule has 1 aromatic rings. The Morgan fingerprint density at radius 2 is 2.24 bits per heavy atom. The molecule has 0 radical (unpaired) electrons. The molecule has 1 amide bonds. The van der Waals surface area contributed by atoms with Crippen LogP contribution in [-0.4, -0.2) is 38.5 Å². The van der Waals surface area contributed by atoms with Crippen molar-refractivity contribution in [1.29, 1.82) is 0 Å². The van der Waals surface area contributed by atoms with Crippen molar-refractivity contribution in [3.8, 4) is 0 Å². The zero-order valence-electron chi connectivity index (χ0n) is 12.0. The summed E-state index contributed by atoms with van der Waals surface area (Å²) < 4.78 is 1.37. The number of amides is 1. The molecule has 0 aromatic carbocycles. The van der Waals surface area contributed by atoms with Crippen LogP contribution in [0.25, 0.3) is 0 Å². The molecule has 1 aromatic heterocycles. The van der Waals surface area contributed by atoms with Gasteiger partial charge in [0, 0.05) is 12.8 Å². The van der Waals surface area contributed by atoms with Gasteiger partial charge in [-0.15, -0.1) is 0 Å². The van der Waals surface area contributed by atoms with Crippen LogP contribution < -0.4 is 22.2 Å². The lowest BCUT2D eigenvalue weighted by molar-refractivity contribution is -0.124. The highest BCUT2D eigenvalue weighted by molar-refractivity contribution is 7.99. The second-order valence-electron chi connectivity index (χ2n) is 5.13. The summed E-state index contributed by atoms with van der Waals surface area (Å²) in [6, 6.07) is 0. The molecular formula is C12H19N5O3S. The summed E-state index contributed by atoms with van der Waals surface area (Å²) in [5, 5.41) is 5.92. The molecule has 1 atom stereocenters. The minimum atomic E-state index is -0.838. The monoisotopic (exact) mass is 313 g/mol. The summed E-state index contributed by atoms with van der Waals surface area (Å²) in [4.78, 5) is 38.1. The van der Waals surface area contributed by atoms with Gasteiger partial charge in [-0.05, 0) is 25.3 Å². The highest BCUT2D eigenvalue weighted by Crippen LogP contribution is 2.42. The molecule has 0 spiro atoms. The van der Waals surface area contributed by atoms with Gasteiger partial charge in [0.1, 0.15) is 5.54 Å². The highest BCUT2D eigenvalue weighted by Gasteiger charge is 2.49. The van der Waals surface area contributed by atoms with Gasteiger partial charge < -0.3 is 11.1 Å². The van der Waals surface area contributed by atoms with Crippen molar-refractivity contribution < 1.29 is 4.79 Å². The summed E-state index contributed by atoms with van der Waals surface area (Å²) in [7, 11) is 1.59. The van der Waals surface area contributed by atoms with Crippen LogP contribution in [-0.2, 0) is 11.8 Å². The molecule has 21 heavy (non-hydrogen) atoms. The maximum atomic E-state index is 11.9. The average molecular weight is 313 g/mol. The third-order valence-corrected chi connectivity index (χ3v) is 4.81. The van der Waals surface area contributed by atoms with Crippen molar-refractivity contribution in [2.24, 2.45) is 18.7 Å². The molecular weight excluding hydrogens is 294 g/mol. The summed E-state index contributed by atoms with van der Waals surface area (Å²) in [6.07, 6.45) is 1.91. The number of thioether (sulfide) groups is 1. The number of H-pyrrole nitrogens is 1. The standard InChI is InChI=1S/C12H19N5O3S/c1-3-14-12(10(13)20,7-4-5-7)6-21-11-15-8(18)9(19)16-17(11)2/h7,14H,3-6H2,1-2H3,(H2,13,20)(H,16,19). The van der Waals surface area contributed by atoms with E-state index in [0.29, 0.717) is 17.5 Å². The van der Waals surface area contributed by atoms with Crippen LogP contribution >= 0.6 is 11.8 Å². The van der Waals surface area contributed by atoms with Crippen LogP contribution in [0.1, 0.15) is 19.8 Å². The van der Waals surface area contributed by atoms with E-state index in [4.69, 9.17) is 5.73 Å². The third-order valence-electron chi connectivity index (χ3n) is 3.58. The normalized spacial score (nSPS) is 17.4. The second kappa shape index (κ2) is 6.02. The molecule has 4 N–H and O–H groups in total. The molecule has 1 saturated carbocycles. The molecule has 1 aliphatic carbocycles. The fraction of sp³-hybridized carbons (Fsp3) is 0.667. The predicted octanol–water partition coefficient (Wildman–Crippen LogP) is -1.20. The van der Waals surface area contributed by atoms with E-state index < -0.39 is 22.6 Å². The molecule has 0 bridgehead atoms. The number of carbonyl (C=O) groups is 1. The van der Waals surface area contributed by atoms with Crippen molar-refractivity contribution in [2.75, 3.05) is 12.3 Å². The van der Waals surface area contributed by atoms with Crippen molar-refractivity contribution >= 4 is 17.7 Å². The van der Waals surface area contributed by atoms with Crippen molar-refractivity contribution in [3.63, 3.8) is 0 Å². The van der Waals surface area contributed by atoms with Crippen molar-refractivity contribution in [1.82, 2.24) is 20.1 Å². The molecule has 8 nitrogen and oxygen atoms in total. The topological polar surface area (TPSA) is 123 Å². The molecule has 1 fully saturated rings. The number of hydrogen-bond donors (Lipinski definition) is 3. The number of carbonyl (C=O) groups excluding carboxylic acids is 1. The lowest BCUT2D eigenvalue weighted by Crippen LogP contribution is -2.59. The Hall–Kier alpha value is -1.61. The number of aryl methyl sites for hydroxylation is 1.